The van der Waals surface area contributed by atoms with Crippen molar-refractivity contribution in [3.8, 4) is 5.75 Å². The predicted molar refractivity (Wildman–Crippen MR) is 78.0 cm³/mol. The summed E-state index contributed by atoms with van der Waals surface area (Å²) in [4.78, 5) is 14.1. The van der Waals surface area contributed by atoms with E-state index >= 15 is 0 Å². The zero-order valence-corrected chi connectivity index (χ0v) is 12.0. The standard InChI is InChI=1S/C16H23NO3/c1-2-3-11-20-15-8-6-13(7-9-15)16(19)17-10-4-5-14(17)12-18/h6-9,14,18H,2-5,10-12H2,1H3/t14-/m0/s1. The van der Waals surface area contributed by atoms with E-state index in [0.29, 0.717) is 12.2 Å². The molecular formula is C16H23NO3. The minimum absolute atomic E-state index is 0.00154. The Morgan fingerprint density at radius 1 is 1.40 bits per heavy atom. The van der Waals surface area contributed by atoms with Crippen LogP contribution in [0.2, 0.25) is 0 Å². The van der Waals surface area contributed by atoms with Crippen LogP contribution in [0.25, 0.3) is 0 Å². The molecule has 1 aliphatic rings. The summed E-state index contributed by atoms with van der Waals surface area (Å²) >= 11 is 0. The Hall–Kier alpha value is -1.55. The highest BCUT2D eigenvalue weighted by Gasteiger charge is 2.28. The Bertz CT molecular complexity index is 430. The van der Waals surface area contributed by atoms with Gasteiger partial charge in [-0.25, -0.2) is 0 Å². The van der Waals surface area contributed by atoms with Crippen LogP contribution >= 0.6 is 0 Å². The molecule has 2 rings (SSSR count). The third kappa shape index (κ3) is 3.51. The summed E-state index contributed by atoms with van der Waals surface area (Å²) in [6, 6.07) is 7.26. The smallest absolute Gasteiger partial charge is 0.254 e. The molecule has 1 heterocycles. The second-order valence-corrected chi connectivity index (χ2v) is 5.20. The molecule has 4 nitrogen and oxygen atoms in total. The molecule has 1 aromatic rings. The number of carbonyl (C=O) groups is 1. The van der Waals surface area contributed by atoms with E-state index in [4.69, 9.17) is 4.74 Å². The van der Waals surface area contributed by atoms with Crippen molar-refractivity contribution in [2.45, 2.75) is 38.6 Å². The normalized spacial score (nSPS) is 18.3. The molecule has 0 radical (unpaired) electrons. The van der Waals surface area contributed by atoms with Crippen molar-refractivity contribution in [3.63, 3.8) is 0 Å². The summed E-state index contributed by atoms with van der Waals surface area (Å²) in [5.74, 6) is 0.803. The molecule has 1 amide bonds. The molecular weight excluding hydrogens is 254 g/mol. The highest BCUT2D eigenvalue weighted by atomic mass is 16.5. The number of rotatable bonds is 6. The number of hydrogen-bond donors (Lipinski definition) is 1. The van der Waals surface area contributed by atoms with E-state index in [2.05, 4.69) is 6.92 Å². The summed E-state index contributed by atoms with van der Waals surface area (Å²) < 4.78 is 5.58. The average molecular weight is 277 g/mol. The van der Waals surface area contributed by atoms with E-state index < -0.39 is 0 Å². The second-order valence-electron chi connectivity index (χ2n) is 5.20. The monoisotopic (exact) mass is 277 g/mol. The fraction of sp³-hybridized carbons (Fsp3) is 0.562. The van der Waals surface area contributed by atoms with Crippen LogP contribution in [-0.4, -0.2) is 41.7 Å². The largest absolute Gasteiger partial charge is 0.494 e. The Labute approximate surface area is 120 Å². The first kappa shape index (κ1) is 14.9. The van der Waals surface area contributed by atoms with Gasteiger partial charge in [0.05, 0.1) is 19.3 Å². The maximum atomic E-state index is 12.4. The van der Waals surface area contributed by atoms with E-state index in [0.717, 1.165) is 38.0 Å². The van der Waals surface area contributed by atoms with Gasteiger partial charge in [-0.1, -0.05) is 13.3 Å². The van der Waals surface area contributed by atoms with Gasteiger partial charge in [-0.05, 0) is 43.5 Å². The van der Waals surface area contributed by atoms with Gasteiger partial charge in [0.25, 0.3) is 5.91 Å². The van der Waals surface area contributed by atoms with E-state index in [9.17, 15) is 9.90 Å². The topological polar surface area (TPSA) is 49.8 Å². The van der Waals surface area contributed by atoms with Gasteiger partial charge in [-0.3, -0.25) is 4.79 Å². The molecule has 1 fully saturated rings. The number of aliphatic hydroxyl groups excluding tert-OH is 1. The van der Waals surface area contributed by atoms with Crippen LogP contribution in [0.5, 0.6) is 5.75 Å². The summed E-state index contributed by atoms with van der Waals surface area (Å²) in [7, 11) is 0. The lowest BCUT2D eigenvalue weighted by Gasteiger charge is -2.23. The van der Waals surface area contributed by atoms with Gasteiger partial charge in [0, 0.05) is 12.1 Å². The number of benzene rings is 1. The van der Waals surface area contributed by atoms with Crippen molar-refractivity contribution in [3.05, 3.63) is 29.8 Å². The number of hydrogen-bond acceptors (Lipinski definition) is 3. The summed E-state index contributed by atoms with van der Waals surface area (Å²) in [6.07, 6.45) is 4.00. The number of carbonyl (C=O) groups excluding carboxylic acids is 1. The Balaban J connectivity index is 1.96. The molecule has 1 N–H and O–H groups in total. The van der Waals surface area contributed by atoms with E-state index in [1.165, 1.54) is 0 Å². The van der Waals surface area contributed by atoms with Gasteiger partial charge in [0.2, 0.25) is 0 Å². The first-order valence-electron chi connectivity index (χ1n) is 7.41. The lowest BCUT2D eigenvalue weighted by atomic mass is 10.1. The van der Waals surface area contributed by atoms with Gasteiger partial charge < -0.3 is 14.7 Å². The van der Waals surface area contributed by atoms with Crippen molar-refractivity contribution in [1.29, 1.82) is 0 Å². The van der Waals surface area contributed by atoms with E-state index in [1.54, 1.807) is 17.0 Å². The number of aliphatic hydroxyl groups is 1. The summed E-state index contributed by atoms with van der Waals surface area (Å²) in [5.41, 5.74) is 0.660. The second kappa shape index (κ2) is 7.29. The Morgan fingerprint density at radius 2 is 2.15 bits per heavy atom. The number of likely N-dealkylation sites (tertiary alicyclic amines) is 1. The Kier molecular flexibility index (Phi) is 5.41. The highest BCUT2D eigenvalue weighted by molar-refractivity contribution is 5.94. The van der Waals surface area contributed by atoms with Crippen molar-refractivity contribution >= 4 is 5.91 Å². The van der Waals surface area contributed by atoms with E-state index in [1.807, 2.05) is 12.1 Å². The Morgan fingerprint density at radius 3 is 2.80 bits per heavy atom. The first-order valence-corrected chi connectivity index (χ1v) is 7.41. The maximum absolute atomic E-state index is 12.4. The SMILES string of the molecule is CCCCOc1ccc(C(=O)N2CCC[C@H]2CO)cc1. The van der Waals surface area contributed by atoms with Crippen LogP contribution in [0, 0.1) is 0 Å². The number of ether oxygens (including phenoxy) is 1. The molecule has 1 atom stereocenters. The minimum atomic E-state index is -0.0250. The third-order valence-corrected chi connectivity index (χ3v) is 3.72. The van der Waals surface area contributed by atoms with Gasteiger partial charge in [0.15, 0.2) is 0 Å². The molecule has 0 unspecified atom stereocenters. The fourth-order valence-electron chi connectivity index (χ4n) is 2.49. The van der Waals surface area contributed by atoms with Crippen LogP contribution in [0.15, 0.2) is 24.3 Å². The van der Waals surface area contributed by atoms with E-state index in [-0.39, 0.29) is 18.6 Å². The van der Waals surface area contributed by atoms with Crippen molar-refractivity contribution in [2.75, 3.05) is 19.8 Å². The molecule has 0 bridgehead atoms. The van der Waals surface area contributed by atoms with Crippen molar-refractivity contribution < 1.29 is 14.6 Å². The number of nitrogens with zero attached hydrogens (tertiary/aromatic N) is 1. The molecule has 110 valence electrons. The zero-order chi connectivity index (χ0) is 14.4. The highest BCUT2D eigenvalue weighted by Crippen LogP contribution is 2.21. The average Bonchev–Trinajstić information content (AvgIpc) is 2.96. The van der Waals surface area contributed by atoms with Crippen LogP contribution in [-0.2, 0) is 0 Å². The molecule has 0 spiro atoms. The zero-order valence-electron chi connectivity index (χ0n) is 12.0. The van der Waals surface area contributed by atoms with Crippen LogP contribution in [0.3, 0.4) is 0 Å². The number of unbranched alkanes of at least 4 members (excludes halogenated alkanes) is 1. The lowest BCUT2D eigenvalue weighted by Crippen LogP contribution is -2.37. The molecule has 1 aromatic carbocycles. The van der Waals surface area contributed by atoms with Gasteiger partial charge in [-0.15, -0.1) is 0 Å². The minimum Gasteiger partial charge on any atom is -0.494 e. The van der Waals surface area contributed by atoms with Crippen molar-refractivity contribution in [2.24, 2.45) is 0 Å². The fourth-order valence-corrected chi connectivity index (χ4v) is 2.49. The van der Waals surface area contributed by atoms with Crippen LogP contribution < -0.4 is 4.74 Å². The maximum Gasteiger partial charge on any atom is 0.254 e. The van der Waals surface area contributed by atoms with Gasteiger partial charge in [0.1, 0.15) is 5.75 Å². The third-order valence-electron chi connectivity index (χ3n) is 3.72. The summed E-state index contributed by atoms with van der Waals surface area (Å²) in [5, 5.41) is 9.28. The molecule has 4 heteroatoms. The predicted octanol–water partition coefficient (Wildman–Crippen LogP) is 2.46. The molecule has 0 aromatic heterocycles. The van der Waals surface area contributed by atoms with Crippen LogP contribution in [0.1, 0.15) is 43.0 Å². The molecule has 0 aliphatic carbocycles. The first-order chi connectivity index (χ1) is 9.76. The van der Waals surface area contributed by atoms with Gasteiger partial charge in [-0.2, -0.15) is 0 Å². The molecule has 1 aliphatic heterocycles. The summed E-state index contributed by atoms with van der Waals surface area (Å²) in [6.45, 7) is 3.62. The molecule has 0 saturated carbocycles. The van der Waals surface area contributed by atoms with Gasteiger partial charge >= 0.3 is 0 Å². The lowest BCUT2D eigenvalue weighted by molar-refractivity contribution is 0.0677. The number of amides is 1. The molecule has 1 saturated heterocycles. The van der Waals surface area contributed by atoms with Crippen molar-refractivity contribution in [1.82, 2.24) is 4.90 Å². The molecule has 20 heavy (non-hydrogen) atoms. The quantitative estimate of drug-likeness (QED) is 0.813. The van der Waals surface area contributed by atoms with Crippen LogP contribution in [0.4, 0.5) is 0 Å².